The van der Waals surface area contributed by atoms with Gasteiger partial charge in [0.15, 0.2) is 0 Å². The van der Waals surface area contributed by atoms with Gasteiger partial charge in [-0.15, -0.1) is 0 Å². The maximum atomic E-state index is 14.5. The molecule has 0 aliphatic rings. The number of hydrogen-bond donors (Lipinski definition) is 21. The van der Waals surface area contributed by atoms with Gasteiger partial charge in [0.1, 0.15) is 72.5 Å². The van der Waals surface area contributed by atoms with E-state index in [1.54, 1.807) is 102 Å². The molecule has 0 radical (unpaired) electrons. The van der Waals surface area contributed by atoms with Crippen molar-refractivity contribution in [3.8, 4) is 0 Å². The molecule has 0 bridgehead atoms. The first kappa shape index (κ1) is 92.0. The Labute approximate surface area is 627 Å². The Balaban J connectivity index is 1.85. The minimum Gasteiger partial charge on any atom is -0.481 e. The molecular weight excluding hydrogens is 1410 g/mol. The molecule has 36 heteroatoms. The number of carbonyl (C=O) groups is 15. The van der Waals surface area contributed by atoms with Crippen molar-refractivity contribution in [1.29, 1.82) is 0 Å². The lowest BCUT2D eigenvalue weighted by molar-refractivity contribution is -0.142. The van der Waals surface area contributed by atoms with Crippen LogP contribution in [-0.4, -0.2) is 226 Å². The number of hydrogen-bond acceptors (Lipinski definition) is 20. The van der Waals surface area contributed by atoms with Crippen LogP contribution in [0.2, 0.25) is 0 Å². The third-order valence-corrected chi connectivity index (χ3v) is 17.8. The summed E-state index contributed by atoms with van der Waals surface area (Å²) in [4.78, 5) is 207. The number of nitrogens with two attached hydrogens (primary N) is 3. The van der Waals surface area contributed by atoms with Gasteiger partial charge in [-0.05, 0) is 93.6 Å². The number of para-hydroxylation sites is 1. The van der Waals surface area contributed by atoms with Gasteiger partial charge in [0.25, 0.3) is 0 Å². The molecule has 13 atom stereocenters. The Kier molecular flexibility index (Phi) is 41.1. The minimum atomic E-state index is -1.87. The molecule has 3 aromatic rings. The van der Waals surface area contributed by atoms with Crippen LogP contribution >= 0.6 is 0 Å². The molecule has 0 unspecified atom stereocenters. The number of rotatable bonds is 51. The lowest BCUT2D eigenvalue weighted by atomic mass is 9.96. The van der Waals surface area contributed by atoms with Crippen LogP contribution in [0.25, 0.3) is 10.9 Å². The second-order valence-electron chi connectivity index (χ2n) is 27.2. The van der Waals surface area contributed by atoms with Gasteiger partial charge in [-0.3, -0.25) is 71.9 Å². The predicted molar refractivity (Wildman–Crippen MR) is 396 cm³/mol. The van der Waals surface area contributed by atoms with Crippen LogP contribution in [0.3, 0.4) is 0 Å². The summed E-state index contributed by atoms with van der Waals surface area (Å²) >= 11 is 0. The average molecular weight is 1520 g/mol. The number of carboxylic acid groups (broad SMARTS) is 2. The quantitative estimate of drug-likeness (QED) is 0.0245. The summed E-state index contributed by atoms with van der Waals surface area (Å²) in [5.41, 5.74) is 19.2. The summed E-state index contributed by atoms with van der Waals surface area (Å²) in [7, 11) is 0. The van der Waals surface area contributed by atoms with Gasteiger partial charge >= 0.3 is 11.9 Å². The van der Waals surface area contributed by atoms with Crippen molar-refractivity contribution in [2.75, 3.05) is 39.4 Å². The number of aliphatic hydroxyl groups is 2. The number of amides is 13. The lowest BCUT2D eigenvalue weighted by Crippen LogP contribution is -2.62. The predicted octanol–water partition coefficient (Wildman–Crippen LogP) is -3.39. The van der Waals surface area contributed by atoms with E-state index >= 15 is 0 Å². The fraction of sp³-hybridized carbons (Fsp3) is 0.597. The molecule has 0 spiro atoms. The van der Waals surface area contributed by atoms with Crippen molar-refractivity contribution in [3.63, 3.8) is 0 Å². The fourth-order valence-corrected chi connectivity index (χ4v) is 11.2. The van der Waals surface area contributed by atoms with Crippen LogP contribution < -0.4 is 86.3 Å². The molecule has 24 N–H and O–H groups in total. The van der Waals surface area contributed by atoms with Crippen molar-refractivity contribution in [2.45, 2.75) is 218 Å². The molecule has 0 fully saturated rings. The number of nitrogens with one attached hydrogen (secondary N) is 14. The van der Waals surface area contributed by atoms with Gasteiger partial charge in [-0.2, -0.15) is 0 Å². The second kappa shape index (κ2) is 48.2. The highest BCUT2D eigenvalue weighted by molar-refractivity contribution is 6.00. The van der Waals surface area contributed by atoms with E-state index in [0.717, 1.165) is 25.7 Å². The largest absolute Gasteiger partial charge is 0.481 e. The molecule has 2 aromatic carbocycles. The molecule has 13 amide bonds. The van der Waals surface area contributed by atoms with Crippen LogP contribution in [0.5, 0.6) is 0 Å². The third kappa shape index (κ3) is 31.3. The number of carboxylic acids is 2. The van der Waals surface area contributed by atoms with Crippen molar-refractivity contribution >= 4 is 99.6 Å². The Morgan fingerprint density at radius 3 is 1.36 bits per heavy atom. The fourth-order valence-electron chi connectivity index (χ4n) is 11.2. The van der Waals surface area contributed by atoms with Crippen LogP contribution in [0, 0.1) is 17.8 Å². The molecule has 1 heterocycles. The van der Waals surface area contributed by atoms with Crippen LogP contribution in [0.4, 0.5) is 0 Å². The first-order chi connectivity index (χ1) is 51.3. The molecule has 108 heavy (non-hydrogen) atoms. The molecule has 3 rings (SSSR count). The average Bonchev–Trinajstić information content (AvgIpc) is 1.72. The van der Waals surface area contributed by atoms with Crippen LogP contribution in [0.15, 0.2) is 60.8 Å². The Hall–Kier alpha value is -10.2. The maximum Gasteiger partial charge on any atom is 0.325 e. The summed E-state index contributed by atoms with van der Waals surface area (Å²) in [6, 6.07) is -2.91. The standard InChI is InChI=1S/C72H113N17O19/c1-9-11-12-13-17-24-55(92)87-58(39(3)4)69(104)83-48(27-30-73)61(96)77-36-56(93)79-53(37-90)67(102)85-52(34-44-35-76-46-23-19-18-22-45(44)46)66(101)86-54(38-91)68(103)82-49(28-31-74)62(97)81-50(29-32-75)63(98)84-51(33-43-20-15-14-16-21-43)65(100)80-47(25-26-57(94)95)64(99)88-59(40(5)6)70(105)89-60(41(7)10-2)71(106)78-42(8)72(107)108/h14-16,18-23,35,39-42,47-54,58-60,76,90-91H,9-13,17,24-34,36-38,73-75H2,1-8H3,(H,77,96)(H,78,106)(H,79,93)(H,80,100)(H,81,97)(H,82,103)(H,83,104)(H,84,98)(H,85,102)(H,86,101)(H,87,92)(H,88,99)(H,89,105)(H,94,95)(H,107,108)/t41-,42-,47-,48+,49-,50-,51-,52+,53+,54-,58+,59-,60+/m0/s1. The number of aliphatic carboxylic acids is 2. The molecule has 36 nitrogen and oxygen atoms in total. The number of aromatic nitrogens is 1. The highest BCUT2D eigenvalue weighted by atomic mass is 16.4. The van der Waals surface area contributed by atoms with Gasteiger partial charge in [0.2, 0.25) is 76.8 Å². The Bertz CT molecular complexity index is 3490. The van der Waals surface area contributed by atoms with E-state index in [4.69, 9.17) is 17.2 Å². The maximum absolute atomic E-state index is 14.5. The first-order valence-corrected chi connectivity index (χ1v) is 36.5. The number of aromatic amines is 1. The molecular formula is C72H113N17O19. The monoisotopic (exact) mass is 1520 g/mol. The lowest BCUT2D eigenvalue weighted by Gasteiger charge is -2.30. The van der Waals surface area contributed by atoms with E-state index < -0.39 is 200 Å². The number of aliphatic hydroxyl groups excluding tert-OH is 2. The Morgan fingerprint density at radius 1 is 0.417 bits per heavy atom. The number of benzene rings is 2. The van der Waals surface area contributed by atoms with Gasteiger partial charge in [-0.1, -0.05) is 129 Å². The van der Waals surface area contributed by atoms with Gasteiger partial charge < -0.3 is 112 Å². The van der Waals surface area contributed by atoms with E-state index in [0.29, 0.717) is 34.9 Å². The summed E-state index contributed by atoms with van der Waals surface area (Å²) in [5, 5.41) is 73.1. The summed E-state index contributed by atoms with van der Waals surface area (Å²) in [5.74, 6) is -16.3. The summed E-state index contributed by atoms with van der Waals surface area (Å²) in [6.07, 6.45) is 4.16. The van der Waals surface area contributed by atoms with E-state index in [9.17, 15) is 92.3 Å². The number of H-pyrrole nitrogens is 1. The van der Waals surface area contributed by atoms with Crippen molar-refractivity contribution in [2.24, 2.45) is 35.0 Å². The smallest absolute Gasteiger partial charge is 0.325 e. The van der Waals surface area contributed by atoms with Crippen LogP contribution in [0.1, 0.15) is 144 Å². The Morgan fingerprint density at radius 2 is 0.843 bits per heavy atom. The van der Waals surface area contributed by atoms with E-state index in [-0.39, 0.29) is 70.0 Å². The molecule has 0 aliphatic heterocycles. The number of carbonyl (C=O) groups excluding carboxylic acids is 13. The number of fused-ring (bicyclic) bond motifs is 1. The second-order valence-corrected chi connectivity index (χ2v) is 27.2. The molecule has 600 valence electrons. The SMILES string of the molecule is CCCCCCCC(=O)N[C@@H](C(=O)N[C@H](CCN)C(=O)NCC(=O)N[C@H](CO)C(=O)N[C@H](Cc1c[nH]c2ccccc12)C(=O)N[C@@H](CO)C(=O)N[C@@H](CCN)C(=O)N[C@@H](CCN)C(=O)N[C@@H](Cc1ccccc1)C(=O)N[C@@H](CCC(=O)O)C(=O)N[C@H](C(=O)N[C@@H](C(=O)N[C@@H](C)C(=O)O)[C@@H](C)CC)C(C)C)C(C)C. The minimum absolute atomic E-state index is 0.0716. The van der Waals surface area contributed by atoms with Crippen molar-refractivity contribution in [1.82, 2.24) is 74.1 Å². The van der Waals surface area contributed by atoms with E-state index in [2.05, 4.69) is 81.0 Å². The normalized spacial score (nSPS) is 14.8. The number of unbranched alkanes of at least 4 members (excludes halogenated alkanes) is 4. The van der Waals surface area contributed by atoms with E-state index in [1.165, 1.54) is 6.92 Å². The highest BCUT2D eigenvalue weighted by Gasteiger charge is 2.38. The van der Waals surface area contributed by atoms with Gasteiger partial charge in [0, 0.05) is 42.8 Å². The van der Waals surface area contributed by atoms with Gasteiger partial charge in [-0.25, -0.2) is 0 Å². The van der Waals surface area contributed by atoms with E-state index in [1.807, 2.05) is 0 Å². The molecule has 0 aliphatic carbocycles. The van der Waals surface area contributed by atoms with Crippen LogP contribution in [-0.2, 0) is 84.8 Å². The highest BCUT2D eigenvalue weighted by Crippen LogP contribution is 2.20. The topological polar surface area (TPSA) is 587 Å². The zero-order valence-corrected chi connectivity index (χ0v) is 62.7. The van der Waals surface area contributed by atoms with Crippen molar-refractivity contribution < 1.29 is 92.3 Å². The molecule has 1 aromatic heterocycles. The van der Waals surface area contributed by atoms with Gasteiger partial charge in [0.05, 0.1) is 19.8 Å². The zero-order valence-electron chi connectivity index (χ0n) is 62.7. The molecule has 0 saturated heterocycles. The third-order valence-electron chi connectivity index (χ3n) is 17.8. The van der Waals surface area contributed by atoms with Crippen molar-refractivity contribution in [3.05, 3.63) is 71.9 Å². The summed E-state index contributed by atoms with van der Waals surface area (Å²) < 4.78 is 0. The first-order valence-electron chi connectivity index (χ1n) is 36.5. The zero-order chi connectivity index (χ0) is 80.7. The molecule has 0 saturated carbocycles. The summed E-state index contributed by atoms with van der Waals surface area (Å²) in [6.45, 7) is 9.70.